The zero-order valence-corrected chi connectivity index (χ0v) is 12.9. The lowest BCUT2D eigenvalue weighted by molar-refractivity contribution is 0.242. The van der Waals surface area contributed by atoms with Crippen LogP contribution in [-0.2, 0) is 0 Å². The van der Waals surface area contributed by atoms with Gasteiger partial charge in [0.25, 0.3) is 0 Å². The van der Waals surface area contributed by atoms with Crippen LogP contribution < -0.4 is 16.0 Å². The van der Waals surface area contributed by atoms with Gasteiger partial charge in [-0.1, -0.05) is 26.0 Å². The van der Waals surface area contributed by atoms with E-state index in [-0.39, 0.29) is 6.10 Å². The van der Waals surface area contributed by atoms with E-state index in [9.17, 15) is 0 Å². The highest BCUT2D eigenvalue weighted by Gasteiger charge is 2.10. The molecule has 21 heavy (non-hydrogen) atoms. The predicted molar refractivity (Wildman–Crippen MR) is 85.1 cm³/mol. The minimum absolute atomic E-state index is 0.129. The van der Waals surface area contributed by atoms with Gasteiger partial charge in [-0.15, -0.1) is 0 Å². The smallest absolute Gasteiger partial charge is 0.161 e. The molecule has 0 radical (unpaired) electrons. The van der Waals surface area contributed by atoms with Crippen molar-refractivity contribution in [3.63, 3.8) is 0 Å². The Balaban J connectivity index is 2.43. The van der Waals surface area contributed by atoms with Gasteiger partial charge in [-0.25, -0.2) is 15.8 Å². The molecule has 0 saturated carbocycles. The number of nitrogen functional groups attached to an aromatic ring is 1. The lowest BCUT2D eigenvalue weighted by Gasteiger charge is -2.12. The number of hydrazine groups is 1. The molecule has 2 rings (SSSR count). The van der Waals surface area contributed by atoms with Crippen LogP contribution in [0.25, 0.3) is 11.4 Å². The maximum absolute atomic E-state index is 5.71. The molecule has 0 saturated heterocycles. The molecule has 5 heteroatoms. The Bertz CT molecular complexity index is 611. The summed E-state index contributed by atoms with van der Waals surface area (Å²) in [6, 6.07) is 9.64. The van der Waals surface area contributed by atoms with Gasteiger partial charge in [-0.2, -0.15) is 0 Å². The van der Waals surface area contributed by atoms with E-state index in [0.29, 0.717) is 17.6 Å². The van der Waals surface area contributed by atoms with Gasteiger partial charge in [0, 0.05) is 17.3 Å². The second-order valence-corrected chi connectivity index (χ2v) is 5.50. The fourth-order valence-corrected chi connectivity index (χ4v) is 1.95. The molecule has 0 fully saturated rings. The molecule has 0 bridgehead atoms. The summed E-state index contributed by atoms with van der Waals surface area (Å²) in [5.74, 6) is 7.86. The summed E-state index contributed by atoms with van der Waals surface area (Å²) in [7, 11) is 0. The van der Waals surface area contributed by atoms with E-state index in [4.69, 9.17) is 10.6 Å². The third-order valence-corrected chi connectivity index (χ3v) is 2.95. The van der Waals surface area contributed by atoms with Crippen molar-refractivity contribution in [2.24, 2.45) is 5.84 Å². The second kappa shape index (κ2) is 6.54. The van der Waals surface area contributed by atoms with Gasteiger partial charge in [-0.05, 0) is 31.9 Å². The van der Waals surface area contributed by atoms with Crippen LogP contribution in [0.2, 0.25) is 0 Å². The Morgan fingerprint density at radius 3 is 2.48 bits per heavy atom. The lowest BCUT2D eigenvalue weighted by Crippen LogP contribution is -2.11. The van der Waals surface area contributed by atoms with Crippen molar-refractivity contribution in [1.82, 2.24) is 9.97 Å². The van der Waals surface area contributed by atoms with Gasteiger partial charge in [0.15, 0.2) is 5.82 Å². The first kappa shape index (κ1) is 15.3. The Labute approximate surface area is 125 Å². The van der Waals surface area contributed by atoms with E-state index in [1.807, 2.05) is 44.2 Å². The molecule has 3 N–H and O–H groups in total. The standard InChI is InChI=1S/C16H22N4O/c1-10(2)14-9-15(20-17)19-16(18-14)12-6-5-7-13(8-12)21-11(3)4/h5-11H,17H2,1-4H3,(H,18,19,20). The van der Waals surface area contributed by atoms with Gasteiger partial charge >= 0.3 is 0 Å². The van der Waals surface area contributed by atoms with Crippen molar-refractivity contribution in [1.29, 1.82) is 0 Å². The third-order valence-electron chi connectivity index (χ3n) is 2.95. The van der Waals surface area contributed by atoms with Gasteiger partial charge in [0.2, 0.25) is 0 Å². The molecular formula is C16H22N4O. The predicted octanol–water partition coefficient (Wildman–Crippen LogP) is 3.34. The number of aromatic nitrogens is 2. The van der Waals surface area contributed by atoms with Gasteiger partial charge < -0.3 is 10.2 Å². The minimum atomic E-state index is 0.129. The average molecular weight is 286 g/mol. The fourth-order valence-electron chi connectivity index (χ4n) is 1.95. The molecule has 0 amide bonds. The quantitative estimate of drug-likeness (QED) is 0.651. The number of anilines is 1. The van der Waals surface area contributed by atoms with E-state index in [2.05, 4.69) is 29.2 Å². The van der Waals surface area contributed by atoms with Crippen LogP contribution in [0.1, 0.15) is 39.3 Å². The highest BCUT2D eigenvalue weighted by molar-refractivity contribution is 5.59. The molecule has 1 aromatic heterocycles. The third kappa shape index (κ3) is 3.92. The molecule has 112 valence electrons. The van der Waals surface area contributed by atoms with Crippen LogP contribution in [0, 0.1) is 0 Å². The number of ether oxygens (including phenoxy) is 1. The summed E-state index contributed by atoms with van der Waals surface area (Å²) in [5, 5.41) is 0. The zero-order chi connectivity index (χ0) is 15.4. The van der Waals surface area contributed by atoms with Crippen molar-refractivity contribution in [3.05, 3.63) is 36.0 Å². The molecule has 1 aromatic carbocycles. The molecule has 0 atom stereocenters. The van der Waals surface area contributed by atoms with E-state index in [1.165, 1.54) is 0 Å². The van der Waals surface area contributed by atoms with E-state index >= 15 is 0 Å². The van der Waals surface area contributed by atoms with Gasteiger partial charge in [-0.3, -0.25) is 0 Å². The molecule has 0 spiro atoms. The molecule has 0 aliphatic rings. The van der Waals surface area contributed by atoms with Crippen LogP contribution in [0.5, 0.6) is 5.75 Å². The van der Waals surface area contributed by atoms with Gasteiger partial charge in [0.1, 0.15) is 11.6 Å². The Morgan fingerprint density at radius 2 is 1.86 bits per heavy atom. The Kier molecular flexibility index (Phi) is 4.75. The zero-order valence-electron chi connectivity index (χ0n) is 12.9. The van der Waals surface area contributed by atoms with Crippen molar-refractivity contribution in [2.75, 3.05) is 5.43 Å². The van der Waals surface area contributed by atoms with Crippen LogP contribution in [-0.4, -0.2) is 16.1 Å². The number of hydrogen-bond acceptors (Lipinski definition) is 5. The monoisotopic (exact) mass is 286 g/mol. The van der Waals surface area contributed by atoms with E-state index in [1.54, 1.807) is 0 Å². The molecule has 5 nitrogen and oxygen atoms in total. The van der Waals surface area contributed by atoms with Crippen molar-refractivity contribution >= 4 is 5.82 Å². The number of nitrogens with one attached hydrogen (secondary N) is 1. The molecule has 0 aliphatic carbocycles. The van der Waals surface area contributed by atoms with Crippen molar-refractivity contribution < 1.29 is 4.74 Å². The normalized spacial score (nSPS) is 11.0. The molecule has 0 unspecified atom stereocenters. The molecule has 2 aromatic rings. The number of rotatable bonds is 5. The molecular weight excluding hydrogens is 264 g/mol. The number of hydrogen-bond donors (Lipinski definition) is 2. The largest absolute Gasteiger partial charge is 0.491 e. The Morgan fingerprint density at radius 1 is 1.10 bits per heavy atom. The SMILES string of the molecule is CC(C)Oc1cccc(-c2nc(NN)cc(C(C)C)n2)c1. The highest BCUT2D eigenvalue weighted by atomic mass is 16.5. The molecule has 1 heterocycles. The van der Waals surface area contributed by atoms with E-state index in [0.717, 1.165) is 17.0 Å². The first-order chi connectivity index (χ1) is 9.99. The maximum Gasteiger partial charge on any atom is 0.161 e. The van der Waals surface area contributed by atoms with Crippen LogP contribution >= 0.6 is 0 Å². The van der Waals surface area contributed by atoms with Crippen LogP contribution in [0.3, 0.4) is 0 Å². The maximum atomic E-state index is 5.71. The average Bonchev–Trinajstić information content (AvgIpc) is 2.46. The summed E-state index contributed by atoms with van der Waals surface area (Å²) in [6.45, 7) is 8.17. The summed E-state index contributed by atoms with van der Waals surface area (Å²) in [6.07, 6.45) is 0.129. The summed E-state index contributed by atoms with van der Waals surface area (Å²) >= 11 is 0. The highest BCUT2D eigenvalue weighted by Crippen LogP contribution is 2.25. The summed E-state index contributed by atoms with van der Waals surface area (Å²) < 4.78 is 5.71. The number of benzene rings is 1. The van der Waals surface area contributed by atoms with Crippen molar-refractivity contribution in [2.45, 2.75) is 39.7 Å². The Hall–Kier alpha value is -2.14. The first-order valence-corrected chi connectivity index (χ1v) is 7.12. The topological polar surface area (TPSA) is 73.1 Å². The van der Waals surface area contributed by atoms with E-state index < -0.39 is 0 Å². The van der Waals surface area contributed by atoms with Gasteiger partial charge in [0.05, 0.1) is 6.10 Å². The second-order valence-electron chi connectivity index (χ2n) is 5.50. The number of nitrogens with zero attached hydrogens (tertiary/aromatic N) is 2. The first-order valence-electron chi connectivity index (χ1n) is 7.12. The van der Waals surface area contributed by atoms with Crippen LogP contribution in [0.4, 0.5) is 5.82 Å². The summed E-state index contributed by atoms with van der Waals surface area (Å²) in [4.78, 5) is 9.03. The van der Waals surface area contributed by atoms with Crippen LogP contribution in [0.15, 0.2) is 30.3 Å². The fraction of sp³-hybridized carbons (Fsp3) is 0.375. The summed E-state index contributed by atoms with van der Waals surface area (Å²) in [5.41, 5.74) is 4.45. The number of nitrogens with two attached hydrogens (primary N) is 1. The minimum Gasteiger partial charge on any atom is -0.491 e. The van der Waals surface area contributed by atoms with Crippen molar-refractivity contribution in [3.8, 4) is 17.1 Å². The molecule has 0 aliphatic heterocycles. The lowest BCUT2D eigenvalue weighted by atomic mass is 10.1.